The maximum absolute atomic E-state index is 9.65. The lowest BCUT2D eigenvalue weighted by Gasteiger charge is -2.23. The normalized spacial score (nSPS) is 16.8. The van der Waals surface area contributed by atoms with Gasteiger partial charge < -0.3 is 20.2 Å². The molecule has 1 aliphatic rings. The minimum Gasteiger partial charge on any atom is -0.420 e. The number of ether oxygens (including phenoxy) is 2. The van der Waals surface area contributed by atoms with Gasteiger partial charge >= 0.3 is 0 Å². The van der Waals surface area contributed by atoms with Gasteiger partial charge in [0.25, 0.3) is 0 Å². The quantitative estimate of drug-likeness (QED) is 0.685. The van der Waals surface area contributed by atoms with E-state index in [-0.39, 0.29) is 11.8 Å². The van der Waals surface area contributed by atoms with E-state index in [1.54, 1.807) is 7.11 Å². The molecule has 0 aliphatic carbocycles. The molecule has 4 rings (SSSR count). The summed E-state index contributed by atoms with van der Waals surface area (Å²) in [6, 6.07) is 10.1. The molecule has 4 N–H and O–H groups in total. The van der Waals surface area contributed by atoms with E-state index in [4.69, 9.17) is 15.2 Å². The van der Waals surface area contributed by atoms with Gasteiger partial charge in [-0.3, -0.25) is 5.10 Å². The molecule has 0 saturated heterocycles. The van der Waals surface area contributed by atoms with E-state index in [9.17, 15) is 5.26 Å². The van der Waals surface area contributed by atoms with Gasteiger partial charge in [0.05, 0.1) is 23.8 Å². The zero-order valence-corrected chi connectivity index (χ0v) is 13.0. The summed E-state index contributed by atoms with van der Waals surface area (Å²) in [7, 11) is 1.60. The number of para-hydroxylation sites is 1. The number of methoxy groups -OCH3 is 1. The molecule has 0 saturated carbocycles. The summed E-state index contributed by atoms with van der Waals surface area (Å²) in [5.41, 5.74) is 9.83. The lowest BCUT2D eigenvalue weighted by atomic mass is 9.84. The molecule has 7 heteroatoms. The molecule has 0 unspecified atom stereocenters. The molecular formula is C17H15N5O2. The number of nitrogens with one attached hydrogen (secondary N) is 2. The molecule has 24 heavy (non-hydrogen) atoms. The Morgan fingerprint density at radius 3 is 3.04 bits per heavy atom. The fourth-order valence-corrected chi connectivity index (χ4v) is 3.21. The average molecular weight is 321 g/mol. The molecule has 7 nitrogen and oxygen atoms in total. The number of nitrogens with zero attached hydrogens (tertiary/aromatic N) is 2. The van der Waals surface area contributed by atoms with Gasteiger partial charge in [0, 0.05) is 24.2 Å². The van der Waals surface area contributed by atoms with Crippen molar-refractivity contribution in [2.75, 3.05) is 7.11 Å². The van der Waals surface area contributed by atoms with Gasteiger partial charge in [0.1, 0.15) is 11.6 Å². The minimum atomic E-state index is -0.362. The van der Waals surface area contributed by atoms with Crippen molar-refractivity contribution in [2.45, 2.75) is 12.5 Å². The monoisotopic (exact) mass is 321 g/mol. The number of benzene rings is 1. The zero-order valence-electron chi connectivity index (χ0n) is 13.0. The molecule has 1 aliphatic heterocycles. The second-order valence-electron chi connectivity index (χ2n) is 5.57. The molecule has 2 aromatic heterocycles. The first-order valence-corrected chi connectivity index (χ1v) is 7.44. The standard InChI is InChI=1S/C17H15N5O2/c1-23-8-13-15-14(10(6-18)16(19)24-17(15)22-21-13)11-7-20-12-5-3-2-4-9(11)12/h2-5,7,14,20H,8,19H2,1H3,(H,21,22)/t14-/m1/s1. The van der Waals surface area contributed by atoms with Crippen molar-refractivity contribution in [1.82, 2.24) is 15.2 Å². The highest BCUT2D eigenvalue weighted by Gasteiger charge is 2.36. The molecule has 120 valence electrons. The van der Waals surface area contributed by atoms with Gasteiger partial charge in [-0.1, -0.05) is 18.2 Å². The summed E-state index contributed by atoms with van der Waals surface area (Å²) < 4.78 is 10.8. The van der Waals surface area contributed by atoms with Crippen molar-refractivity contribution >= 4 is 10.9 Å². The van der Waals surface area contributed by atoms with Gasteiger partial charge in [-0.25, -0.2) is 0 Å². The first-order valence-electron chi connectivity index (χ1n) is 7.44. The lowest BCUT2D eigenvalue weighted by molar-refractivity contribution is 0.180. The Balaban J connectivity index is 1.98. The van der Waals surface area contributed by atoms with Crippen LogP contribution in [0, 0.1) is 11.3 Å². The Morgan fingerprint density at radius 1 is 1.42 bits per heavy atom. The Bertz CT molecular complexity index is 992. The molecule has 0 radical (unpaired) electrons. The number of rotatable bonds is 3. The summed E-state index contributed by atoms with van der Waals surface area (Å²) in [5.74, 6) is 0.100. The summed E-state index contributed by atoms with van der Waals surface area (Å²) in [6.45, 7) is 0.336. The van der Waals surface area contributed by atoms with E-state index in [1.165, 1.54) is 0 Å². The van der Waals surface area contributed by atoms with Gasteiger partial charge in [-0.15, -0.1) is 5.10 Å². The highest BCUT2D eigenvalue weighted by atomic mass is 16.5. The van der Waals surface area contributed by atoms with Crippen molar-refractivity contribution in [2.24, 2.45) is 5.73 Å². The van der Waals surface area contributed by atoms with Crippen LogP contribution in [0.4, 0.5) is 0 Å². The van der Waals surface area contributed by atoms with E-state index in [1.807, 2.05) is 30.5 Å². The predicted octanol–water partition coefficient (Wildman–Crippen LogP) is 2.26. The molecule has 3 heterocycles. The Morgan fingerprint density at radius 2 is 2.25 bits per heavy atom. The number of aromatic amines is 2. The highest BCUT2D eigenvalue weighted by Crippen LogP contribution is 2.44. The van der Waals surface area contributed by atoms with E-state index >= 15 is 0 Å². The number of H-pyrrole nitrogens is 2. The molecule has 0 fully saturated rings. The van der Waals surface area contributed by atoms with Crippen LogP contribution in [0.25, 0.3) is 10.9 Å². The van der Waals surface area contributed by atoms with E-state index in [2.05, 4.69) is 21.3 Å². The lowest BCUT2D eigenvalue weighted by Crippen LogP contribution is -2.21. The van der Waals surface area contributed by atoms with Crippen molar-refractivity contribution in [1.29, 1.82) is 5.26 Å². The van der Waals surface area contributed by atoms with Crippen LogP contribution < -0.4 is 10.5 Å². The van der Waals surface area contributed by atoms with Crippen LogP contribution >= 0.6 is 0 Å². The van der Waals surface area contributed by atoms with E-state index in [0.717, 1.165) is 27.7 Å². The van der Waals surface area contributed by atoms with Gasteiger partial charge in [0.2, 0.25) is 11.8 Å². The average Bonchev–Trinajstić information content (AvgIpc) is 3.18. The van der Waals surface area contributed by atoms with Gasteiger partial charge in [-0.2, -0.15) is 5.26 Å². The second kappa shape index (κ2) is 5.44. The van der Waals surface area contributed by atoms with Crippen molar-refractivity contribution in [3.8, 4) is 11.9 Å². The molecule has 0 amide bonds. The fraction of sp³-hybridized carbons (Fsp3) is 0.176. The van der Waals surface area contributed by atoms with E-state index in [0.29, 0.717) is 18.1 Å². The van der Waals surface area contributed by atoms with E-state index < -0.39 is 0 Å². The summed E-state index contributed by atoms with van der Waals surface area (Å²) >= 11 is 0. The third-order valence-electron chi connectivity index (χ3n) is 4.24. The van der Waals surface area contributed by atoms with Crippen molar-refractivity contribution in [3.05, 3.63) is 58.7 Å². The highest BCUT2D eigenvalue weighted by molar-refractivity contribution is 5.85. The predicted molar refractivity (Wildman–Crippen MR) is 86.9 cm³/mol. The van der Waals surface area contributed by atoms with Crippen LogP contribution in [0.5, 0.6) is 5.88 Å². The molecule has 1 atom stereocenters. The third-order valence-corrected chi connectivity index (χ3v) is 4.24. The summed E-state index contributed by atoms with van der Waals surface area (Å²) in [6.07, 6.45) is 1.90. The number of nitriles is 1. The topological polar surface area (TPSA) is 113 Å². The number of allylic oxidation sites excluding steroid dienone is 1. The molecule has 0 spiro atoms. The van der Waals surface area contributed by atoms with Crippen LogP contribution in [0.2, 0.25) is 0 Å². The first-order chi connectivity index (χ1) is 11.7. The Labute approximate surface area is 137 Å². The number of nitrogens with two attached hydrogens (primary N) is 1. The van der Waals surface area contributed by atoms with Crippen LogP contribution in [0.15, 0.2) is 41.9 Å². The SMILES string of the molecule is COCc1[nH]nc2c1[C@@H](c1c[nH]c3ccccc13)C(C#N)=C(N)O2. The number of hydrogen-bond acceptors (Lipinski definition) is 5. The maximum atomic E-state index is 9.65. The van der Waals surface area contributed by atoms with Gasteiger partial charge in [-0.05, 0) is 11.6 Å². The molecule has 3 aromatic rings. The number of hydrogen-bond donors (Lipinski definition) is 3. The summed E-state index contributed by atoms with van der Waals surface area (Å²) in [5, 5.41) is 17.8. The smallest absolute Gasteiger partial charge is 0.244 e. The minimum absolute atomic E-state index is 0.0794. The fourth-order valence-electron chi connectivity index (χ4n) is 3.21. The van der Waals surface area contributed by atoms with Crippen molar-refractivity contribution in [3.63, 3.8) is 0 Å². The largest absolute Gasteiger partial charge is 0.420 e. The van der Waals surface area contributed by atoms with Crippen LogP contribution in [0.1, 0.15) is 22.7 Å². The molecule has 0 bridgehead atoms. The van der Waals surface area contributed by atoms with Crippen LogP contribution in [-0.4, -0.2) is 22.3 Å². The Kier molecular flexibility index (Phi) is 3.25. The van der Waals surface area contributed by atoms with Crippen LogP contribution in [-0.2, 0) is 11.3 Å². The Hall–Kier alpha value is -3.24. The van der Waals surface area contributed by atoms with Gasteiger partial charge in [0.15, 0.2) is 0 Å². The van der Waals surface area contributed by atoms with Crippen LogP contribution in [0.3, 0.4) is 0 Å². The van der Waals surface area contributed by atoms with Crippen molar-refractivity contribution < 1.29 is 9.47 Å². The molecule has 1 aromatic carbocycles. The molecular weight excluding hydrogens is 306 g/mol. The summed E-state index contributed by atoms with van der Waals surface area (Å²) in [4.78, 5) is 3.24. The maximum Gasteiger partial charge on any atom is 0.244 e. The number of aromatic nitrogens is 3. The zero-order chi connectivity index (χ0) is 16.7. The second-order valence-corrected chi connectivity index (χ2v) is 5.57. The number of fused-ring (bicyclic) bond motifs is 2. The third kappa shape index (κ3) is 1.97. The first kappa shape index (κ1) is 14.4.